The molecule has 1 aromatic carbocycles. The van der Waals surface area contributed by atoms with Gasteiger partial charge in [-0.05, 0) is 31.2 Å². The van der Waals surface area contributed by atoms with Gasteiger partial charge in [-0.3, -0.25) is 4.98 Å². The Morgan fingerprint density at radius 2 is 1.90 bits per heavy atom. The zero-order valence-corrected chi connectivity index (χ0v) is 11.4. The van der Waals surface area contributed by atoms with Gasteiger partial charge in [0.15, 0.2) is 5.82 Å². The molecule has 0 aliphatic rings. The van der Waals surface area contributed by atoms with Gasteiger partial charge in [-0.25, -0.2) is 4.98 Å². The first-order valence-electron chi connectivity index (χ1n) is 6.62. The van der Waals surface area contributed by atoms with E-state index in [4.69, 9.17) is 0 Å². The molecule has 0 radical (unpaired) electrons. The second kappa shape index (κ2) is 4.52. The van der Waals surface area contributed by atoms with Crippen LogP contribution < -0.4 is 0 Å². The highest BCUT2D eigenvalue weighted by Gasteiger charge is 2.16. The van der Waals surface area contributed by atoms with Gasteiger partial charge < -0.3 is 4.98 Å². The Balaban J connectivity index is 1.97. The van der Waals surface area contributed by atoms with E-state index in [9.17, 15) is 0 Å². The predicted molar refractivity (Wildman–Crippen MR) is 79.0 cm³/mol. The average molecular weight is 276 g/mol. The summed E-state index contributed by atoms with van der Waals surface area (Å²) < 4.78 is 1.74. The topological polar surface area (TPSA) is 72.3 Å². The molecule has 3 aromatic heterocycles. The summed E-state index contributed by atoms with van der Waals surface area (Å²) in [5.41, 5.74) is 3.42. The quantitative estimate of drug-likeness (QED) is 0.610. The van der Waals surface area contributed by atoms with Gasteiger partial charge in [0, 0.05) is 6.20 Å². The van der Waals surface area contributed by atoms with E-state index in [1.165, 1.54) is 0 Å². The fourth-order valence-electron chi connectivity index (χ4n) is 2.35. The highest BCUT2D eigenvalue weighted by atomic mass is 15.4. The molecule has 1 N–H and O–H groups in total. The maximum Gasteiger partial charge on any atom is 0.183 e. The van der Waals surface area contributed by atoms with Gasteiger partial charge in [0.2, 0.25) is 0 Å². The van der Waals surface area contributed by atoms with E-state index in [1.807, 2.05) is 49.4 Å². The van der Waals surface area contributed by atoms with E-state index in [0.29, 0.717) is 5.82 Å². The summed E-state index contributed by atoms with van der Waals surface area (Å²) in [5.74, 6) is 1.52. The number of nitrogens with zero attached hydrogens (tertiary/aromatic N) is 5. The second-order valence-corrected chi connectivity index (χ2v) is 4.73. The van der Waals surface area contributed by atoms with Crippen molar-refractivity contribution < 1.29 is 0 Å². The van der Waals surface area contributed by atoms with E-state index < -0.39 is 0 Å². The summed E-state index contributed by atoms with van der Waals surface area (Å²) in [6.45, 7) is 1.91. The third kappa shape index (κ3) is 1.88. The van der Waals surface area contributed by atoms with Gasteiger partial charge in [0.05, 0.1) is 11.2 Å². The average Bonchev–Trinajstić information content (AvgIpc) is 3.11. The van der Waals surface area contributed by atoms with Gasteiger partial charge in [0.25, 0.3) is 0 Å². The number of rotatable bonds is 2. The number of aromatic amines is 1. The molecule has 0 amide bonds. The predicted octanol–water partition coefficient (Wildman–Crippen LogP) is 2.51. The molecule has 0 aliphatic carbocycles. The maximum absolute atomic E-state index is 4.54. The molecule has 0 saturated heterocycles. The number of aromatic nitrogens is 6. The van der Waals surface area contributed by atoms with Crippen LogP contribution in [0.3, 0.4) is 0 Å². The van der Waals surface area contributed by atoms with Crippen LogP contribution in [0.15, 0.2) is 48.7 Å². The largest absolute Gasteiger partial charge is 0.339 e. The van der Waals surface area contributed by atoms with E-state index in [0.717, 1.165) is 28.2 Å². The lowest BCUT2D eigenvalue weighted by molar-refractivity contribution is 0.805. The lowest BCUT2D eigenvalue weighted by Gasteiger charge is -2.02. The normalized spacial score (nSPS) is 11.1. The molecule has 3 heterocycles. The molecule has 0 bridgehead atoms. The van der Waals surface area contributed by atoms with Crippen molar-refractivity contribution in [2.45, 2.75) is 6.92 Å². The standard InChI is InChI=1S/C15H12N6/c1-10-17-14(12-7-4-5-9-16-12)15(18-10)21-13-8-3-2-6-11(13)19-20-21/h2-9H,1H3,(H,17,18). The van der Waals surface area contributed by atoms with Crippen LogP contribution in [0.2, 0.25) is 0 Å². The number of hydrogen-bond donors (Lipinski definition) is 1. The first-order valence-corrected chi connectivity index (χ1v) is 6.62. The van der Waals surface area contributed by atoms with Crippen LogP contribution in [0.25, 0.3) is 28.2 Å². The molecule has 0 fully saturated rings. The first-order chi connectivity index (χ1) is 10.3. The minimum atomic E-state index is 0.708. The van der Waals surface area contributed by atoms with Crippen molar-refractivity contribution in [3.63, 3.8) is 0 Å². The fraction of sp³-hybridized carbons (Fsp3) is 0.0667. The Morgan fingerprint density at radius 3 is 2.76 bits per heavy atom. The Hall–Kier alpha value is -3.02. The molecule has 4 rings (SSSR count). The number of nitrogens with one attached hydrogen (secondary N) is 1. The van der Waals surface area contributed by atoms with Crippen molar-refractivity contribution in [1.82, 2.24) is 29.9 Å². The number of pyridine rings is 1. The zero-order valence-electron chi connectivity index (χ0n) is 11.4. The zero-order chi connectivity index (χ0) is 14.2. The number of H-pyrrole nitrogens is 1. The Bertz CT molecular complexity index is 906. The van der Waals surface area contributed by atoms with Gasteiger partial charge >= 0.3 is 0 Å². The third-order valence-electron chi connectivity index (χ3n) is 3.28. The molecule has 6 heteroatoms. The van der Waals surface area contributed by atoms with Gasteiger partial charge in [-0.1, -0.05) is 23.4 Å². The van der Waals surface area contributed by atoms with Crippen LogP contribution in [-0.2, 0) is 0 Å². The minimum Gasteiger partial charge on any atom is -0.339 e. The van der Waals surface area contributed by atoms with Crippen molar-refractivity contribution in [1.29, 1.82) is 0 Å². The summed E-state index contributed by atoms with van der Waals surface area (Å²) in [6, 6.07) is 13.6. The van der Waals surface area contributed by atoms with Crippen LogP contribution in [-0.4, -0.2) is 29.9 Å². The Morgan fingerprint density at radius 1 is 1.05 bits per heavy atom. The van der Waals surface area contributed by atoms with Gasteiger partial charge in [0.1, 0.15) is 17.0 Å². The van der Waals surface area contributed by atoms with Crippen molar-refractivity contribution >= 4 is 11.0 Å². The monoisotopic (exact) mass is 276 g/mol. The number of para-hydroxylation sites is 1. The van der Waals surface area contributed by atoms with Crippen molar-refractivity contribution in [2.75, 3.05) is 0 Å². The van der Waals surface area contributed by atoms with Crippen molar-refractivity contribution in [3.05, 3.63) is 54.5 Å². The summed E-state index contributed by atoms with van der Waals surface area (Å²) in [7, 11) is 0. The number of benzene rings is 1. The molecular formula is C15H12N6. The summed E-state index contributed by atoms with van der Waals surface area (Å²) >= 11 is 0. The fourth-order valence-corrected chi connectivity index (χ4v) is 2.35. The minimum absolute atomic E-state index is 0.708. The van der Waals surface area contributed by atoms with E-state index in [1.54, 1.807) is 10.9 Å². The van der Waals surface area contributed by atoms with Gasteiger partial charge in [-0.15, -0.1) is 5.10 Å². The molecule has 0 spiro atoms. The summed E-state index contributed by atoms with van der Waals surface area (Å²) in [6.07, 6.45) is 1.76. The highest BCUT2D eigenvalue weighted by molar-refractivity contribution is 5.77. The van der Waals surface area contributed by atoms with Crippen molar-refractivity contribution in [3.8, 4) is 17.2 Å². The second-order valence-electron chi connectivity index (χ2n) is 4.73. The first kappa shape index (κ1) is 11.8. The lowest BCUT2D eigenvalue weighted by Crippen LogP contribution is -2.00. The van der Waals surface area contributed by atoms with Crippen molar-refractivity contribution in [2.24, 2.45) is 0 Å². The number of imidazole rings is 1. The molecule has 0 atom stereocenters. The molecule has 0 saturated carbocycles. The molecular weight excluding hydrogens is 264 g/mol. The van der Waals surface area contributed by atoms with E-state index in [2.05, 4.69) is 25.3 Å². The Kier molecular flexibility index (Phi) is 2.53. The van der Waals surface area contributed by atoms with Crippen LogP contribution in [0, 0.1) is 6.92 Å². The molecule has 0 aliphatic heterocycles. The molecule has 6 nitrogen and oxygen atoms in total. The highest BCUT2D eigenvalue weighted by Crippen LogP contribution is 2.24. The van der Waals surface area contributed by atoms with E-state index in [-0.39, 0.29) is 0 Å². The van der Waals surface area contributed by atoms with Crippen LogP contribution in [0.1, 0.15) is 5.82 Å². The number of hydrogen-bond acceptors (Lipinski definition) is 4. The van der Waals surface area contributed by atoms with Gasteiger partial charge in [-0.2, -0.15) is 4.68 Å². The number of fused-ring (bicyclic) bond motifs is 1. The summed E-state index contributed by atoms with van der Waals surface area (Å²) in [4.78, 5) is 12.2. The SMILES string of the molecule is Cc1nc(-n2nnc3ccccc32)c(-c2ccccn2)[nH]1. The lowest BCUT2D eigenvalue weighted by atomic mass is 10.2. The molecule has 4 aromatic rings. The molecule has 102 valence electrons. The maximum atomic E-state index is 4.54. The molecule has 0 unspecified atom stereocenters. The van der Waals surface area contributed by atoms with Crippen LogP contribution in [0.4, 0.5) is 0 Å². The van der Waals surface area contributed by atoms with Crippen LogP contribution >= 0.6 is 0 Å². The summed E-state index contributed by atoms with van der Waals surface area (Å²) in [5, 5.41) is 8.40. The number of aryl methyl sites for hydroxylation is 1. The third-order valence-corrected chi connectivity index (χ3v) is 3.28. The smallest absolute Gasteiger partial charge is 0.183 e. The molecule has 21 heavy (non-hydrogen) atoms. The van der Waals surface area contributed by atoms with Crippen LogP contribution in [0.5, 0.6) is 0 Å². The Labute approximate surface area is 120 Å². The van der Waals surface area contributed by atoms with E-state index >= 15 is 0 Å².